The molecule has 1 fully saturated rings. The summed E-state index contributed by atoms with van der Waals surface area (Å²) in [7, 11) is 1.82. The van der Waals surface area contributed by atoms with Gasteiger partial charge in [-0.3, -0.25) is 14.5 Å². The molecule has 0 spiro atoms. The highest BCUT2D eigenvalue weighted by molar-refractivity contribution is 5.95. The van der Waals surface area contributed by atoms with Crippen LogP contribution in [0.1, 0.15) is 17.4 Å². The summed E-state index contributed by atoms with van der Waals surface area (Å²) in [5.74, 6) is 0.646. The number of amides is 1. The molecule has 3 aromatic rings. The number of para-hydroxylation sites is 1. The Labute approximate surface area is 150 Å². The van der Waals surface area contributed by atoms with Crippen molar-refractivity contribution in [2.24, 2.45) is 7.05 Å². The summed E-state index contributed by atoms with van der Waals surface area (Å²) >= 11 is 0. The van der Waals surface area contributed by atoms with Gasteiger partial charge in [-0.2, -0.15) is 5.10 Å². The number of pyridine rings is 1. The number of aromatic nitrogens is 4. The first-order valence-corrected chi connectivity index (χ1v) is 8.48. The van der Waals surface area contributed by atoms with Crippen LogP contribution in [-0.4, -0.2) is 50.3 Å². The first-order chi connectivity index (χ1) is 12.7. The summed E-state index contributed by atoms with van der Waals surface area (Å²) < 4.78 is 7.23. The van der Waals surface area contributed by atoms with Gasteiger partial charge in [0.1, 0.15) is 12.4 Å². The number of ether oxygens (including phenoxy) is 1. The molecule has 0 aliphatic carbocycles. The van der Waals surface area contributed by atoms with E-state index in [0.717, 1.165) is 22.3 Å². The average molecular weight is 349 g/mol. The number of carbonyl (C=O) groups is 1. The molecule has 1 amide bonds. The molecular formula is C19H19N5O2. The maximum Gasteiger partial charge on any atom is 0.247 e. The molecule has 1 saturated heterocycles. The molecule has 7 nitrogen and oxygen atoms in total. The third-order valence-electron chi connectivity index (χ3n) is 4.53. The van der Waals surface area contributed by atoms with Crippen LogP contribution in [0.2, 0.25) is 0 Å². The van der Waals surface area contributed by atoms with Crippen molar-refractivity contribution in [2.45, 2.75) is 6.04 Å². The van der Waals surface area contributed by atoms with Crippen LogP contribution in [0.4, 0.5) is 0 Å². The molecule has 1 aliphatic heterocycles. The molecule has 132 valence electrons. The molecule has 26 heavy (non-hydrogen) atoms. The Kier molecular flexibility index (Phi) is 4.45. The van der Waals surface area contributed by atoms with Crippen LogP contribution in [0.3, 0.4) is 0 Å². The van der Waals surface area contributed by atoms with Crippen molar-refractivity contribution in [1.29, 1.82) is 0 Å². The summed E-state index contributed by atoms with van der Waals surface area (Å²) in [5.41, 5.74) is 1.80. The highest BCUT2D eigenvalue weighted by atomic mass is 16.5. The van der Waals surface area contributed by atoms with Crippen molar-refractivity contribution in [1.82, 2.24) is 24.6 Å². The summed E-state index contributed by atoms with van der Waals surface area (Å²) in [4.78, 5) is 23.3. The maximum absolute atomic E-state index is 12.8. The lowest BCUT2D eigenvalue weighted by Crippen LogP contribution is -2.43. The number of nitrogens with zero attached hydrogens (tertiary/aromatic N) is 5. The molecule has 0 N–H and O–H groups in total. The molecule has 1 aliphatic rings. The van der Waals surface area contributed by atoms with Crippen molar-refractivity contribution < 1.29 is 9.53 Å². The van der Waals surface area contributed by atoms with Crippen molar-refractivity contribution >= 4 is 22.9 Å². The van der Waals surface area contributed by atoms with Crippen molar-refractivity contribution in [3.8, 4) is 0 Å². The van der Waals surface area contributed by atoms with Gasteiger partial charge < -0.3 is 9.64 Å². The van der Waals surface area contributed by atoms with E-state index in [2.05, 4.69) is 15.1 Å². The quantitative estimate of drug-likeness (QED) is 0.676. The zero-order chi connectivity index (χ0) is 17.9. The summed E-state index contributed by atoms with van der Waals surface area (Å²) in [6, 6.07) is 9.60. The molecule has 3 heterocycles. The van der Waals surface area contributed by atoms with Gasteiger partial charge in [0.15, 0.2) is 5.82 Å². The van der Waals surface area contributed by atoms with Crippen LogP contribution >= 0.6 is 0 Å². The number of benzene rings is 1. The van der Waals surface area contributed by atoms with E-state index in [9.17, 15) is 4.79 Å². The van der Waals surface area contributed by atoms with E-state index >= 15 is 0 Å². The number of hydrogen-bond donors (Lipinski definition) is 0. The van der Waals surface area contributed by atoms with Crippen LogP contribution < -0.4 is 0 Å². The highest BCUT2D eigenvalue weighted by Crippen LogP contribution is 2.23. The standard InChI is InChI=1S/C19H19N5O2/c1-23-19(21-13-22-23)16-12-26-11-10-24(16)17(25)8-7-15-5-2-4-14-6-3-9-20-18(14)15/h2-9,13,16H,10-12H2,1H3/b8-7+. The molecule has 1 atom stereocenters. The fourth-order valence-corrected chi connectivity index (χ4v) is 3.21. The van der Waals surface area contributed by atoms with Gasteiger partial charge in [-0.25, -0.2) is 4.98 Å². The Morgan fingerprint density at radius 3 is 3.00 bits per heavy atom. The number of carbonyl (C=O) groups excluding carboxylic acids is 1. The van der Waals surface area contributed by atoms with Gasteiger partial charge >= 0.3 is 0 Å². The van der Waals surface area contributed by atoms with Crippen molar-refractivity contribution in [3.63, 3.8) is 0 Å². The second-order valence-corrected chi connectivity index (χ2v) is 6.12. The van der Waals surface area contributed by atoms with Gasteiger partial charge in [0, 0.05) is 36.8 Å². The normalized spacial score (nSPS) is 17.9. The third-order valence-corrected chi connectivity index (χ3v) is 4.53. The Morgan fingerprint density at radius 2 is 2.15 bits per heavy atom. The summed E-state index contributed by atoms with van der Waals surface area (Å²) in [6.07, 6.45) is 6.66. The fraction of sp³-hybridized carbons (Fsp3) is 0.263. The van der Waals surface area contributed by atoms with Crippen LogP contribution in [-0.2, 0) is 16.6 Å². The SMILES string of the molecule is Cn1ncnc1C1COCCN1C(=O)/C=C/c1cccc2cccnc12. The molecule has 1 aromatic carbocycles. The van der Waals surface area contributed by atoms with E-state index < -0.39 is 0 Å². The van der Waals surface area contributed by atoms with Crippen molar-refractivity contribution in [2.75, 3.05) is 19.8 Å². The summed E-state index contributed by atoms with van der Waals surface area (Å²) in [5, 5.41) is 5.15. The first kappa shape index (κ1) is 16.4. The monoisotopic (exact) mass is 349 g/mol. The molecule has 4 rings (SSSR count). The van der Waals surface area contributed by atoms with Gasteiger partial charge in [-0.1, -0.05) is 24.3 Å². The molecule has 0 bridgehead atoms. The van der Waals surface area contributed by atoms with E-state index in [1.165, 1.54) is 6.33 Å². The predicted molar refractivity (Wildman–Crippen MR) is 97.1 cm³/mol. The Morgan fingerprint density at radius 1 is 1.27 bits per heavy atom. The minimum atomic E-state index is -0.237. The maximum atomic E-state index is 12.8. The molecule has 7 heteroatoms. The van der Waals surface area contributed by atoms with E-state index in [4.69, 9.17) is 4.74 Å². The smallest absolute Gasteiger partial charge is 0.247 e. The second kappa shape index (κ2) is 7.05. The summed E-state index contributed by atoms with van der Waals surface area (Å²) in [6.45, 7) is 1.46. The number of fused-ring (bicyclic) bond motifs is 1. The van der Waals surface area contributed by atoms with Crippen LogP contribution in [0.15, 0.2) is 48.9 Å². The number of aryl methyl sites for hydroxylation is 1. The zero-order valence-electron chi connectivity index (χ0n) is 14.4. The predicted octanol–water partition coefficient (Wildman–Crippen LogP) is 1.98. The number of hydrogen-bond acceptors (Lipinski definition) is 5. The van der Waals surface area contributed by atoms with Gasteiger partial charge in [0.25, 0.3) is 0 Å². The van der Waals surface area contributed by atoms with Crippen LogP contribution in [0.5, 0.6) is 0 Å². The van der Waals surface area contributed by atoms with Gasteiger partial charge in [0.05, 0.1) is 18.7 Å². The van der Waals surface area contributed by atoms with Crippen molar-refractivity contribution in [3.05, 3.63) is 60.3 Å². The minimum absolute atomic E-state index is 0.0748. The Bertz CT molecular complexity index is 960. The topological polar surface area (TPSA) is 73.1 Å². The average Bonchev–Trinajstić information content (AvgIpc) is 3.12. The Balaban J connectivity index is 1.60. The van der Waals surface area contributed by atoms with E-state index in [1.807, 2.05) is 43.5 Å². The van der Waals surface area contributed by atoms with Gasteiger partial charge in [-0.15, -0.1) is 0 Å². The molecule has 0 radical (unpaired) electrons. The lowest BCUT2D eigenvalue weighted by Gasteiger charge is -2.34. The third kappa shape index (κ3) is 3.09. The van der Waals surface area contributed by atoms with E-state index in [1.54, 1.807) is 21.9 Å². The number of rotatable bonds is 3. The zero-order valence-corrected chi connectivity index (χ0v) is 14.4. The molecule has 0 saturated carbocycles. The first-order valence-electron chi connectivity index (χ1n) is 8.48. The Hall–Kier alpha value is -3.06. The van der Waals surface area contributed by atoms with Gasteiger partial charge in [-0.05, 0) is 12.1 Å². The van der Waals surface area contributed by atoms with Crippen LogP contribution in [0, 0.1) is 0 Å². The molecule has 2 aromatic heterocycles. The van der Waals surface area contributed by atoms with Crippen LogP contribution in [0.25, 0.3) is 17.0 Å². The second-order valence-electron chi connectivity index (χ2n) is 6.12. The number of morpholine rings is 1. The fourth-order valence-electron chi connectivity index (χ4n) is 3.21. The lowest BCUT2D eigenvalue weighted by atomic mass is 10.1. The minimum Gasteiger partial charge on any atom is -0.377 e. The highest BCUT2D eigenvalue weighted by Gasteiger charge is 2.30. The molecular weight excluding hydrogens is 330 g/mol. The van der Waals surface area contributed by atoms with E-state index in [-0.39, 0.29) is 11.9 Å². The van der Waals surface area contributed by atoms with Gasteiger partial charge in [0.2, 0.25) is 5.91 Å². The molecule has 1 unspecified atom stereocenters. The largest absolute Gasteiger partial charge is 0.377 e. The lowest BCUT2D eigenvalue weighted by molar-refractivity contribution is -0.135. The van der Waals surface area contributed by atoms with E-state index in [0.29, 0.717) is 19.8 Å².